The van der Waals surface area contributed by atoms with Crippen LogP contribution >= 0.6 is 12.2 Å². The number of nitrogens with one attached hydrogen (secondary N) is 1. The minimum atomic E-state index is 0.552. The van der Waals surface area contributed by atoms with E-state index in [9.17, 15) is 0 Å². The van der Waals surface area contributed by atoms with Crippen molar-refractivity contribution < 1.29 is 9.47 Å². The first-order valence-corrected chi connectivity index (χ1v) is 6.87. The molecule has 1 aromatic carbocycles. The molecule has 0 atom stereocenters. The fourth-order valence-electron chi connectivity index (χ4n) is 1.96. The molecular weight excluding hydrogens is 260 g/mol. The number of aromatic amines is 1. The van der Waals surface area contributed by atoms with Crippen LogP contribution in [0.1, 0.15) is 13.8 Å². The third-order valence-electron chi connectivity index (χ3n) is 2.89. The van der Waals surface area contributed by atoms with Gasteiger partial charge in [-0.15, -0.1) is 0 Å². The van der Waals surface area contributed by atoms with Gasteiger partial charge in [0, 0.05) is 19.2 Å². The lowest BCUT2D eigenvalue weighted by atomic mass is 10.2. The van der Waals surface area contributed by atoms with Gasteiger partial charge in [-0.1, -0.05) is 13.8 Å². The van der Waals surface area contributed by atoms with Gasteiger partial charge in [-0.25, -0.2) is 0 Å². The number of aromatic nitrogens is 2. The molecule has 0 fully saturated rings. The molecule has 0 spiro atoms. The predicted molar refractivity (Wildman–Crippen MR) is 79.3 cm³/mol. The average Bonchev–Trinajstić information content (AvgIpc) is 2.69. The Kier molecular flexibility index (Phi) is 4.61. The fraction of sp³-hybridized carbons (Fsp3) is 0.500. The molecule has 1 aromatic heterocycles. The van der Waals surface area contributed by atoms with Crippen molar-refractivity contribution >= 4 is 23.3 Å². The van der Waals surface area contributed by atoms with Gasteiger partial charge in [-0.3, -0.25) is 0 Å². The molecule has 5 heteroatoms. The second-order valence-electron chi connectivity index (χ2n) is 4.93. The number of methoxy groups -OCH3 is 1. The smallest absolute Gasteiger partial charge is 0.178 e. The van der Waals surface area contributed by atoms with Crippen LogP contribution in [0.3, 0.4) is 0 Å². The molecule has 0 saturated heterocycles. The third kappa shape index (κ3) is 3.36. The number of H-pyrrole nitrogens is 1. The van der Waals surface area contributed by atoms with E-state index in [1.807, 2.05) is 22.8 Å². The highest BCUT2D eigenvalue weighted by Gasteiger charge is 2.06. The van der Waals surface area contributed by atoms with Gasteiger partial charge in [0.2, 0.25) is 0 Å². The number of imidazole rings is 1. The van der Waals surface area contributed by atoms with E-state index < -0.39 is 0 Å². The highest BCUT2D eigenvalue weighted by atomic mass is 32.1. The van der Waals surface area contributed by atoms with Crippen LogP contribution in [0.15, 0.2) is 18.2 Å². The van der Waals surface area contributed by atoms with Gasteiger partial charge >= 0.3 is 0 Å². The molecule has 0 bridgehead atoms. The summed E-state index contributed by atoms with van der Waals surface area (Å²) in [6.07, 6.45) is 0. The summed E-state index contributed by atoms with van der Waals surface area (Å²) in [5.41, 5.74) is 2.08. The van der Waals surface area contributed by atoms with Crippen molar-refractivity contribution in [2.24, 2.45) is 5.92 Å². The number of ether oxygens (including phenoxy) is 2. The van der Waals surface area contributed by atoms with Gasteiger partial charge < -0.3 is 19.0 Å². The number of hydrogen-bond donors (Lipinski definition) is 1. The monoisotopic (exact) mass is 280 g/mol. The van der Waals surface area contributed by atoms with E-state index in [2.05, 4.69) is 18.8 Å². The molecule has 104 valence electrons. The van der Waals surface area contributed by atoms with Crippen molar-refractivity contribution in [3.63, 3.8) is 0 Å². The Balaban J connectivity index is 2.17. The summed E-state index contributed by atoms with van der Waals surface area (Å²) in [5, 5.41) is 0. The van der Waals surface area contributed by atoms with Crippen molar-refractivity contribution in [2.45, 2.75) is 20.4 Å². The van der Waals surface area contributed by atoms with E-state index in [0.717, 1.165) is 34.7 Å². The van der Waals surface area contributed by atoms with Gasteiger partial charge in [-0.2, -0.15) is 0 Å². The Bertz CT molecular complexity index is 601. The van der Waals surface area contributed by atoms with Gasteiger partial charge in [0.05, 0.1) is 24.8 Å². The van der Waals surface area contributed by atoms with Crippen LogP contribution in [0.4, 0.5) is 0 Å². The number of hydrogen-bond acceptors (Lipinski definition) is 3. The van der Waals surface area contributed by atoms with Gasteiger partial charge in [-0.05, 0) is 30.3 Å². The molecule has 2 rings (SSSR count). The lowest BCUT2D eigenvalue weighted by Crippen LogP contribution is -2.09. The van der Waals surface area contributed by atoms with Gasteiger partial charge in [0.15, 0.2) is 4.77 Å². The lowest BCUT2D eigenvalue weighted by molar-refractivity contribution is 0.103. The number of rotatable bonds is 6. The summed E-state index contributed by atoms with van der Waals surface area (Å²) in [6, 6.07) is 5.90. The molecule has 19 heavy (non-hydrogen) atoms. The van der Waals surface area contributed by atoms with Crippen molar-refractivity contribution in [2.75, 3.05) is 20.3 Å². The summed E-state index contributed by atoms with van der Waals surface area (Å²) in [4.78, 5) is 3.19. The van der Waals surface area contributed by atoms with E-state index in [0.29, 0.717) is 12.5 Å². The maximum Gasteiger partial charge on any atom is 0.178 e. The quantitative estimate of drug-likeness (QED) is 0.651. The zero-order chi connectivity index (χ0) is 13.8. The Hall–Kier alpha value is -1.33. The van der Waals surface area contributed by atoms with Crippen LogP contribution in [0, 0.1) is 10.7 Å². The second kappa shape index (κ2) is 6.21. The Morgan fingerprint density at radius 1 is 1.37 bits per heavy atom. The van der Waals surface area contributed by atoms with Gasteiger partial charge in [0.25, 0.3) is 0 Å². The summed E-state index contributed by atoms with van der Waals surface area (Å²) in [7, 11) is 1.67. The number of nitrogens with zero attached hydrogens (tertiary/aromatic N) is 1. The minimum Gasteiger partial charge on any atom is -0.497 e. The zero-order valence-electron chi connectivity index (χ0n) is 11.6. The average molecular weight is 280 g/mol. The summed E-state index contributed by atoms with van der Waals surface area (Å²) in [6.45, 7) is 6.47. The summed E-state index contributed by atoms with van der Waals surface area (Å²) < 4.78 is 13.6. The van der Waals surface area contributed by atoms with Crippen LogP contribution in [0.2, 0.25) is 0 Å². The molecule has 1 N–H and O–H groups in total. The fourth-order valence-corrected chi connectivity index (χ4v) is 2.26. The van der Waals surface area contributed by atoms with Crippen molar-refractivity contribution in [1.29, 1.82) is 0 Å². The van der Waals surface area contributed by atoms with E-state index in [-0.39, 0.29) is 0 Å². The highest BCUT2D eigenvalue weighted by Crippen LogP contribution is 2.20. The topological polar surface area (TPSA) is 39.2 Å². The van der Waals surface area contributed by atoms with Crippen LogP contribution < -0.4 is 4.74 Å². The summed E-state index contributed by atoms with van der Waals surface area (Å²) >= 11 is 5.34. The molecule has 0 amide bonds. The maximum atomic E-state index is 5.62. The standard InChI is InChI=1S/C14H20N2O2S/c1-10(2)9-18-7-6-16-13-8-11(17-3)4-5-12(13)15-14(16)19/h4-5,8,10H,6-7,9H2,1-3H3,(H,15,19). The number of benzene rings is 1. The van der Waals surface area contributed by atoms with Gasteiger partial charge in [0.1, 0.15) is 5.75 Å². The largest absolute Gasteiger partial charge is 0.497 e. The van der Waals surface area contributed by atoms with Crippen molar-refractivity contribution in [3.05, 3.63) is 23.0 Å². The molecule has 0 radical (unpaired) electrons. The second-order valence-corrected chi connectivity index (χ2v) is 5.32. The molecule has 4 nitrogen and oxygen atoms in total. The molecule has 0 aliphatic rings. The third-order valence-corrected chi connectivity index (χ3v) is 3.22. The van der Waals surface area contributed by atoms with E-state index >= 15 is 0 Å². The SMILES string of the molecule is COc1ccc2[nH]c(=S)n(CCOCC(C)C)c2c1. The van der Waals surface area contributed by atoms with Crippen molar-refractivity contribution in [1.82, 2.24) is 9.55 Å². The molecule has 2 aromatic rings. The molecule has 0 saturated carbocycles. The Morgan fingerprint density at radius 2 is 2.16 bits per heavy atom. The highest BCUT2D eigenvalue weighted by molar-refractivity contribution is 7.71. The molecule has 0 aliphatic carbocycles. The van der Waals surface area contributed by atoms with Crippen LogP contribution in [-0.4, -0.2) is 29.9 Å². The molecule has 0 unspecified atom stereocenters. The first-order chi connectivity index (χ1) is 9.11. The number of fused-ring (bicyclic) bond motifs is 1. The minimum absolute atomic E-state index is 0.552. The van der Waals surface area contributed by atoms with Crippen LogP contribution in [-0.2, 0) is 11.3 Å². The zero-order valence-corrected chi connectivity index (χ0v) is 12.4. The maximum absolute atomic E-state index is 5.62. The van der Waals surface area contributed by atoms with E-state index in [1.165, 1.54) is 0 Å². The normalized spacial score (nSPS) is 11.4. The first kappa shape index (κ1) is 14.1. The molecule has 0 aliphatic heterocycles. The molecular formula is C14H20N2O2S. The lowest BCUT2D eigenvalue weighted by Gasteiger charge is -2.08. The first-order valence-electron chi connectivity index (χ1n) is 6.46. The molecule has 1 heterocycles. The van der Waals surface area contributed by atoms with Crippen LogP contribution in [0.25, 0.3) is 11.0 Å². The Morgan fingerprint density at radius 3 is 2.84 bits per heavy atom. The van der Waals surface area contributed by atoms with Crippen LogP contribution in [0.5, 0.6) is 5.75 Å². The van der Waals surface area contributed by atoms with E-state index in [4.69, 9.17) is 21.7 Å². The summed E-state index contributed by atoms with van der Waals surface area (Å²) in [5.74, 6) is 1.38. The Labute approximate surface area is 118 Å². The van der Waals surface area contributed by atoms with E-state index in [1.54, 1.807) is 7.11 Å². The predicted octanol–water partition coefficient (Wildman–Crippen LogP) is 3.38. The van der Waals surface area contributed by atoms with Crippen molar-refractivity contribution in [3.8, 4) is 5.75 Å².